The van der Waals surface area contributed by atoms with E-state index in [1.807, 2.05) is 72.4 Å². The fraction of sp³-hybridized carbons (Fsp3) is 0.273. The number of aryl methyl sites for hydroxylation is 1. The van der Waals surface area contributed by atoms with Crippen LogP contribution < -0.4 is 14.8 Å². The van der Waals surface area contributed by atoms with Crippen LogP contribution in [0.15, 0.2) is 67.0 Å². The molecule has 1 aromatic heterocycles. The number of para-hydroxylation sites is 1. The number of nitrogens with zero attached hydrogens (tertiary/aromatic N) is 2. The minimum atomic E-state index is 0.00255. The molecule has 0 unspecified atom stereocenters. The Morgan fingerprint density at radius 3 is 2.46 bits per heavy atom. The number of rotatable bonds is 10. The maximum absolute atomic E-state index is 12.0. The van der Waals surface area contributed by atoms with Crippen LogP contribution in [0.5, 0.6) is 11.5 Å². The minimum Gasteiger partial charge on any atom is -0.494 e. The van der Waals surface area contributed by atoms with Crippen molar-refractivity contribution in [1.82, 2.24) is 15.1 Å². The van der Waals surface area contributed by atoms with Gasteiger partial charge in [0.05, 0.1) is 25.0 Å². The molecule has 0 saturated carbocycles. The largest absolute Gasteiger partial charge is 0.494 e. The van der Waals surface area contributed by atoms with E-state index in [1.165, 1.54) is 0 Å². The van der Waals surface area contributed by atoms with Gasteiger partial charge in [0.25, 0.3) is 0 Å². The van der Waals surface area contributed by atoms with Gasteiger partial charge in [0.1, 0.15) is 18.1 Å². The van der Waals surface area contributed by atoms with E-state index in [0.717, 1.165) is 22.7 Å². The predicted molar refractivity (Wildman–Crippen MR) is 108 cm³/mol. The van der Waals surface area contributed by atoms with Crippen molar-refractivity contribution in [3.05, 3.63) is 72.6 Å². The summed E-state index contributed by atoms with van der Waals surface area (Å²) in [6, 6.07) is 17.4. The Bertz CT molecular complexity index is 860. The number of benzene rings is 2. The Hall–Kier alpha value is -3.28. The predicted octanol–water partition coefficient (Wildman–Crippen LogP) is 3.40. The van der Waals surface area contributed by atoms with Crippen molar-refractivity contribution in [3.8, 4) is 17.2 Å². The molecule has 2 aromatic carbocycles. The molecule has 0 radical (unpaired) electrons. The third kappa shape index (κ3) is 5.87. The van der Waals surface area contributed by atoms with E-state index in [4.69, 9.17) is 9.47 Å². The lowest BCUT2D eigenvalue weighted by molar-refractivity contribution is -0.121. The fourth-order valence-corrected chi connectivity index (χ4v) is 2.72. The maximum Gasteiger partial charge on any atom is 0.220 e. The first kappa shape index (κ1) is 19.5. The molecule has 3 aromatic rings. The summed E-state index contributed by atoms with van der Waals surface area (Å²) in [5.74, 6) is 1.58. The lowest BCUT2D eigenvalue weighted by Crippen LogP contribution is -2.28. The van der Waals surface area contributed by atoms with Crippen molar-refractivity contribution in [1.29, 1.82) is 0 Å². The number of carbonyl (C=O) groups excluding carboxylic acids is 1. The van der Waals surface area contributed by atoms with Crippen molar-refractivity contribution in [2.45, 2.75) is 19.8 Å². The van der Waals surface area contributed by atoms with Crippen molar-refractivity contribution < 1.29 is 14.3 Å². The van der Waals surface area contributed by atoms with Crippen molar-refractivity contribution in [3.63, 3.8) is 0 Å². The van der Waals surface area contributed by atoms with E-state index in [1.54, 1.807) is 6.20 Å². The van der Waals surface area contributed by atoms with Gasteiger partial charge in [-0.15, -0.1) is 0 Å². The zero-order valence-corrected chi connectivity index (χ0v) is 16.0. The summed E-state index contributed by atoms with van der Waals surface area (Å²) in [7, 11) is 0. The Morgan fingerprint density at radius 2 is 1.75 bits per heavy atom. The summed E-state index contributed by atoms with van der Waals surface area (Å²) in [6.45, 7) is 3.47. The van der Waals surface area contributed by atoms with Gasteiger partial charge in [0.2, 0.25) is 5.91 Å². The van der Waals surface area contributed by atoms with E-state index >= 15 is 0 Å². The van der Waals surface area contributed by atoms with Crippen molar-refractivity contribution in [2.75, 3.05) is 19.8 Å². The Balaban J connectivity index is 1.34. The molecule has 1 N–H and O–H groups in total. The van der Waals surface area contributed by atoms with Gasteiger partial charge in [-0.1, -0.05) is 18.2 Å². The van der Waals surface area contributed by atoms with Gasteiger partial charge in [-0.25, -0.2) is 4.68 Å². The average Bonchev–Trinajstić information content (AvgIpc) is 3.21. The molecule has 0 aliphatic carbocycles. The fourth-order valence-electron chi connectivity index (χ4n) is 2.72. The zero-order valence-electron chi connectivity index (χ0n) is 16.0. The van der Waals surface area contributed by atoms with Crippen LogP contribution >= 0.6 is 0 Å². The molecule has 0 aliphatic heterocycles. The van der Waals surface area contributed by atoms with Crippen molar-refractivity contribution >= 4 is 5.91 Å². The summed E-state index contributed by atoms with van der Waals surface area (Å²) >= 11 is 0. The minimum absolute atomic E-state index is 0.00255. The highest BCUT2D eigenvalue weighted by atomic mass is 16.5. The first-order valence-corrected chi connectivity index (χ1v) is 9.46. The smallest absolute Gasteiger partial charge is 0.220 e. The Labute approximate surface area is 165 Å². The molecule has 0 spiro atoms. The van der Waals surface area contributed by atoms with Gasteiger partial charge in [-0.2, -0.15) is 5.10 Å². The molecule has 1 heterocycles. The molecule has 28 heavy (non-hydrogen) atoms. The van der Waals surface area contributed by atoms with Gasteiger partial charge in [0.15, 0.2) is 0 Å². The number of carbonyl (C=O) groups is 1. The molecule has 3 rings (SSSR count). The normalized spacial score (nSPS) is 10.5. The van der Waals surface area contributed by atoms with E-state index in [9.17, 15) is 4.79 Å². The van der Waals surface area contributed by atoms with Crippen LogP contribution in [0.2, 0.25) is 0 Å². The number of hydrogen-bond acceptors (Lipinski definition) is 4. The molecular weight excluding hydrogens is 354 g/mol. The molecule has 0 atom stereocenters. The highest BCUT2D eigenvalue weighted by molar-refractivity contribution is 5.76. The molecule has 0 saturated heterocycles. The quantitative estimate of drug-likeness (QED) is 0.549. The van der Waals surface area contributed by atoms with E-state index < -0.39 is 0 Å². The number of amides is 1. The molecule has 0 bridgehead atoms. The van der Waals surface area contributed by atoms with E-state index in [-0.39, 0.29) is 5.91 Å². The van der Waals surface area contributed by atoms with Gasteiger partial charge < -0.3 is 14.8 Å². The Morgan fingerprint density at radius 1 is 1.04 bits per heavy atom. The van der Waals surface area contributed by atoms with Gasteiger partial charge in [0, 0.05) is 12.6 Å². The first-order valence-electron chi connectivity index (χ1n) is 9.46. The zero-order chi connectivity index (χ0) is 19.6. The monoisotopic (exact) mass is 379 g/mol. The highest BCUT2D eigenvalue weighted by Crippen LogP contribution is 2.17. The second kappa shape index (κ2) is 10.2. The summed E-state index contributed by atoms with van der Waals surface area (Å²) in [5.41, 5.74) is 2.04. The van der Waals surface area contributed by atoms with Crippen LogP contribution in [0.25, 0.3) is 5.69 Å². The van der Waals surface area contributed by atoms with Gasteiger partial charge in [-0.05, 0) is 55.3 Å². The molecule has 146 valence electrons. The summed E-state index contributed by atoms with van der Waals surface area (Å²) in [6.07, 6.45) is 4.83. The third-order valence-corrected chi connectivity index (χ3v) is 4.13. The van der Waals surface area contributed by atoms with E-state index in [2.05, 4.69) is 10.4 Å². The topological polar surface area (TPSA) is 65.4 Å². The molecule has 1 amide bonds. The lowest BCUT2D eigenvalue weighted by atomic mass is 10.2. The number of ether oxygens (including phenoxy) is 2. The highest BCUT2D eigenvalue weighted by Gasteiger charge is 2.05. The Kier molecular flexibility index (Phi) is 7.07. The number of nitrogens with one attached hydrogen (secondary N) is 1. The van der Waals surface area contributed by atoms with Crippen LogP contribution in [0.4, 0.5) is 0 Å². The van der Waals surface area contributed by atoms with Crippen LogP contribution in [-0.4, -0.2) is 35.4 Å². The summed E-state index contributed by atoms with van der Waals surface area (Å²) in [4.78, 5) is 12.0. The summed E-state index contributed by atoms with van der Waals surface area (Å²) in [5, 5.41) is 7.22. The molecule has 6 heteroatoms. The van der Waals surface area contributed by atoms with Crippen LogP contribution in [0, 0.1) is 0 Å². The number of aromatic nitrogens is 2. The lowest BCUT2D eigenvalue weighted by Gasteiger charge is -2.08. The second-order valence-corrected chi connectivity index (χ2v) is 6.23. The van der Waals surface area contributed by atoms with Crippen LogP contribution in [0.1, 0.15) is 18.9 Å². The average molecular weight is 379 g/mol. The van der Waals surface area contributed by atoms with Gasteiger partial charge >= 0.3 is 0 Å². The maximum atomic E-state index is 12.0. The van der Waals surface area contributed by atoms with E-state index in [0.29, 0.717) is 32.6 Å². The summed E-state index contributed by atoms with van der Waals surface area (Å²) < 4.78 is 12.8. The molecular formula is C22H25N3O3. The molecule has 0 aliphatic rings. The SMILES string of the molecule is CCOc1ccc(OCCNC(=O)CCc2cnn(-c3ccccc3)c2)cc1. The van der Waals surface area contributed by atoms with Crippen LogP contribution in [-0.2, 0) is 11.2 Å². The molecule has 6 nitrogen and oxygen atoms in total. The molecule has 0 fully saturated rings. The standard InChI is InChI=1S/C22H25N3O3/c1-2-27-20-9-11-21(12-10-20)28-15-14-23-22(26)13-8-18-16-24-25(17-18)19-6-4-3-5-7-19/h3-7,9-12,16-17H,2,8,13-15H2,1H3,(H,23,26). The van der Waals surface area contributed by atoms with Gasteiger partial charge in [-0.3, -0.25) is 4.79 Å². The van der Waals surface area contributed by atoms with Crippen molar-refractivity contribution in [2.24, 2.45) is 0 Å². The first-order chi connectivity index (χ1) is 13.7. The van der Waals surface area contributed by atoms with Crippen LogP contribution in [0.3, 0.4) is 0 Å². The third-order valence-electron chi connectivity index (χ3n) is 4.13. The second-order valence-electron chi connectivity index (χ2n) is 6.23. The number of hydrogen-bond donors (Lipinski definition) is 1.